The second kappa shape index (κ2) is 2.70. The Hall–Kier alpha value is -1.03. The molecule has 0 bridgehead atoms. The van der Waals surface area contributed by atoms with Crippen LogP contribution < -0.4 is 5.73 Å². The fourth-order valence-electron chi connectivity index (χ4n) is 0.715. The first-order valence-corrected chi connectivity index (χ1v) is 2.94. The van der Waals surface area contributed by atoms with E-state index in [1.807, 2.05) is 0 Å². The zero-order valence-electron chi connectivity index (χ0n) is 5.66. The van der Waals surface area contributed by atoms with E-state index in [1.165, 1.54) is 7.11 Å². The lowest BCUT2D eigenvalue weighted by Gasteiger charge is -2.04. The molecule has 0 radical (unpaired) electrons. The minimum atomic E-state index is -0.465. The van der Waals surface area contributed by atoms with E-state index in [4.69, 9.17) is 10.5 Å². The zero-order valence-corrected chi connectivity index (χ0v) is 5.66. The summed E-state index contributed by atoms with van der Waals surface area (Å²) < 4.78 is 9.27. The van der Waals surface area contributed by atoms with Crippen molar-refractivity contribution in [1.29, 1.82) is 0 Å². The molecule has 0 saturated carbocycles. The Balaban J connectivity index is 2.51. The van der Waals surface area contributed by atoms with E-state index in [0.717, 1.165) is 0 Å². The summed E-state index contributed by atoms with van der Waals surface area (Å²) in [4.78, 5) is 10.7. The second-order valence-electron chi connectivity index (χ2n) is 1.95. The lowest BCUT2D eigenvalue weighted by atomic mass is 10.4. The topological polar surface area (TPSA) is 61.5 Å². The number of methoxy groups -OCH3 is 1. The lowest BCUT2D eigenvalue weighted by Crippen LogP contribution is -2.19. The van der Waals surface area contributed by atoms with Gasteiger partial charge in [-0.25, -0.2) is 4.79 Å². The quantitative estimate of drug-likeness (QED) is 0.514. The molecular formula is C6H9NO3. The molecule has 0 spiro atoms. The summed E-state index contributed by atoms with van der Waals surface area (Å²) in [6.45, 7) is 0. The van der Waals surface area contributed by atoms with Crippen molar-refractivity contribution in [2.75, 3.05) is 7.11 Å². The number of carbonyl (C=O) groups excluding carboxylic acids is 1. The highest BCUT2D eigenvalue weighted by Crippen LogP contribution is 2.13. The highest BCUT2D eigenvalue weighted by Gasteiger charge is 2.20. The maximum atomic E-state index is 10.7. The van der Waals surface area contributed by atoms with Crippen LogP contribution in [0, 0.1) is 0 Å². The van der Waals surface area contributed by atoms with E-state index in [1.54, 1.807) is 6.08 Å². The van der Waals surface area contributed by atoms with E-state index < -0.39 is 5.97 Å². The van der Waals surface area contributed by atoms with Crippen molar-refractivity contribution in [1.82, 2.24) is 0 Å². The molecule has 0 amide bonds. The molecular weight excluding hydrogens is 134 g/mol. The molecule has 4 heteroatoms. The van der Waals surface area contributed by atoms with E-state index in [-0.39, 0.29) is 12.0 Å². The summed E-state index contributed by atoms with van der Waals surface area (Å²) in [5.41, 5.74) is 5.34. The molecule has 0 aliphatic carbocycles. The monoisotopic (exact) mass is 143 g/mol. The van der Waals surface area contributed by atoms with Crippen molar-refractivity contribution < 1.29 is 14.3 Å². The van der Waals surface area contributed by atoms with Gasteiger partial charge in [0.15, 0.2) is 6.23 Å². The molecule has 1 rings (SSSR count). The Bertz CT molecular complexity index is 176. The van der Waals surface area contributed by atoms with Crippen LogP contribution in [0.1, 0.15) is 6.42 Å². The first-order valence-electron chi connectivity index (χ1n) is 2.94. The van der Waals surface area contributed by atoms with Gasteiger partial charge in [-0.2, -0.15) is 0 Å². The summed E-state index contributed by atoms with van der Waals surface area (Å²) in [5.74, 6) is -0.247. The van der Waals surface area contributed by atoms with Gasteiger partial charge in [-0.1, -0.05) is 0 Å². The Morgan fingerprint density at radius 3 is 3.10 bits per heavy atom. The largest absolute Gasteiger partial charge is 0.468 e. The van der Waals surface area contributed by atoms with Gasteiger partial charge in [-0.05, 0) is 6.08 Å². The molecule has 1 atom stereocenters. The average Bonchev–Trinajstić information content (AvgIpc) is 2.34. The normalized spacial score (nSPS) is 23.4. The first kappa shape index (κ1) is 7.08. The number of ether oxygens (including phenoxy) is 2. The second-order valence-corrected chi connectivity index (χ2v) is 1.95. The Labute approximate surface area is 58.6 Å². The van der Waals surface area contributed by atoms with Gasteiger partial charge in [0.05, 0.1) is 7.11 Å². The van der Waals surface area contributed by atoms with E-state index >= 15 is 0 Å². The molecule has 1 aliphatic rings. The van der Waals surface area contributed by atoms with Crippen LogP contribution in [-0.2, 0) is 14.3 Å². The van der Waals surface area contributed by atoms with Crippen molar-refractivity contribution in [3.63, 3.8) is 0 Å². The molecule has 1 aliphatic heterocycles. The minimum Gasteiger partial charge on any atom is -0.468 e. The molecule has 4 nitrogen and oxygen atoms in total. The van der Waals surface area contributed by atoms with Crippen LogP contribution in [0.2, 0.25) is 0 Å². The molecule has 56 valence electrons. The van der Waals surface area contributed by atoms with Crippen LogP contribution in [0.25, 0.3) is 0 Å². The Morgan fingerprint density at radius 1 is 2.00 bits per heavy atom. The number of carbonyl (C=O) groups is 1. The van der Waals surface area contributed by atoms with Crippen molar-refractivity contribution in [3.8, 4) is 0 Å². The van der Waals surface area contributed by atoms with E-state index in [0.29, 0.717) is 6.42 Å². The predicted octanol–water partition coefficient (Wildman–Crippen LogP) is -0.252. The third-order valence-corrected chi connectivity index (χ3v) is 1.20. The van der Waals surface area contributed by atoms with Crippen molar-refractivity contribution >= 4 is 5.97 Å². The minimum absolute atomic E-state index is 0.218. The summed E-state index contributed by atoms with van der Waals surface area (Å²) in [7, 11) is 1.30. The van der Waals surface area contributed by atoms with E-state index in [9.17, 15) is 4.79 Å². The Morgan fingerprint density at radius 2 is 2.70 bits per heavy atom. The van der Waals surface area contributed by atoms with Gasteiger partial charge >= 0.3 is 5.97 Å². The fourth-order valence-corrected chi connectivity index (χ4v) is 0.715. The van der Waals surface area contributed by atoms with Gasteiger partial charge in [0.1, 0.15) is 0 Å². The SMILES string of the molecule is COC(=O)C1=CCC(N)O1. The Kier molecular flexibility index (Phi) is 1.91. The summed E-state index contributed by atoms with van der Waals surface area (Å²) in [6.07, 6.45) is 1.81. The number of nitrogens with two attached hydrogens (primary N) is 1. The van der Waals surface area contributed by atoms with Crippen molar-refractivity contribution in [2.24, 2.45) is 5.73 Å². The highest BCUT2D eigenvalue weighted by atomic mass is 16.6. The van der Waals surface area contributed by atoms with Gasteiger partial charge in [-0.15, -0.1) is 0 Å². The lowest BCUT2D eigenvalue weighted by molar-refractivity contribution is -0.140. The standard InChI is InChI=1S/C6H9NO3/c1-9-6(8)4-2-3-5(7)10-4/h2,5H,3,7H2,1H3. The van der Waals surface area contributed by atoms with Gasteiger partial charge in [-0.3, -0.25) is 5.73 Å². The summed E-state index contributed by atoms with van der Waals surface area (Å²) >= 11 is 0. The van der Waals surface area contributed by atoms with Crippen LogP contribution in [0.4, 0.5) is 0 Å². The maximum absolute atomic E-state index is 10.7. The molecule has 0 aromatic rings. The maximum Gasteiger partial charge on any atom is 0.373 e. The average molecular weight is 143 g/mol. The number of hydrogen-bond acceptors (Lipinski definition) is 4. The van der Waals surface area contributed by atoms with Crippen LogP contribution >= 0.6 is 0 Å². The van der Waals surface area contributed by atoms with Crippen molar-refractivity contribution in [2.45, 2.75) is 12.6 Å². The molecule has 0 saturated heterocycles. The smallest absolute Gasteiger partial charge is 0.373 e. The molecule has 0 aromatic carbocycles. The first-order chi connectivity index (χ1) is 4.74. The molecule has 1 unspecified atom stereocenters. The summed E-state index contributed by atoms with van der Waals surface area (Å²) in [5, 5.41) is 0. The van der Waals surface area contributed by atoms with Crippen LogP contribution in [0.3, 0.4) is 0 Å². The third-order valence-electron chi connectivity index (χ3n) is 1.20. The van der Waals surface area contributed by atoms with E-state index in [2.05, 4.69) is 4.74 Å². The molecule has 2 N–H and O–H groups in total. The summed E-state index contributed by atoms with van der Waals surface area (Å²) in [6, 6.07) is 0. The van der Waals surface area contributed by atoms with Gasteiger partial charge in [0.25, 0.3) is 0 Å². The number of rotatable bonds is 1. The number of hydrogen-bond donors (Lipinski definition) is 1. The molecule has 0 aromatic heterocycles. The van der Waals surface area contributed by atoms with Crippen LogP contribution in [0.15, 0.2) is 11.8 Å². The fraction of sp³-hybridized carbons (Fsp3) is 0.500. The van der Waals surface area contributed by atoms with Crippen LogP contribution in [-0.4, -0.2) is 19.3 Å². The highest BCUT2D eigenvalue weighted by molar-refractivity contribution is 5.86. The molecule has 0 fully saturated rings. The van der Waals surface area contributed by atoms with Gasteiger partial charge < -0.3 is 9.47 Å². The van der Waals surface area contributed by atoms with Crippen LogP contribution in [0.5, 0.6) is 0 Å². The number of esters is 1. The zero-order chi connectivity index (χ0) is 7.56. The van der Waals surface area contributed by atoms with Crippen molar-refractivity contribution in [3.05, 3.63) is 11.8 Å². The molecule has 10 heavy (non-hydrogen) atoms. The third kappa shape index (κ3) is 1.27. The van der Waals surface area contributed by atoms with Gasteiger partial charge in [0.2, 0.25) is 5.76 Å². The van der Waals surface area contributed by atoms with Gasteiger partial charge in [0, 0.05) is 6.42 Å². The predicted molar refractivity (Wildman–Crippen MR) is 33.8 cm³/mol. The molecule has 1 heterocycles.